The molecule has 0 saturated carbocycles. The smallest absolute Gasteiger partial charge is 0.156 e. The highest BCUT2D eigenvalue weighted by Crippen LogP contribution is 2.37. The number of phenols is 2. The molecule has 0 fully saturated rings. The summed E-state index contributed by atoms with van der Waals surface area (Å²) in [6.07, 6.45) is 3.67. The van der Waals surface area contributed by atoms with Gasteiger partial charge in [0, 0.05) is 15.4 Å². The van der Waals surface area contributed by atoms with Gasteiger partial charge in [-0.1, -0.05) is 46.3 Å². The minimum Gasteiger partial charge on any atom is -0.507 e. The summed E-state index contributed by atoms with van der Waals surface area (Å²) < 4.78 is 1.43. The summed E-state index contributed by atoms with van der Waals surface area (Å²) in [4.78, 5) is 4.54. The van der Waals surface area contributed by atoms with Gasteiger partial charge in [0.1, 0.15) is 11.3 Å². The Balaban J connectivity index is 1.83. The second kappa shape index (κ2) is 6.74. The molecule has 1 heterocycles. The Hall–Kier alpha value is -2.37. The van der Waals surface area contributed by atoms with Gasteiger partial charge in [0.05, 0.1) is 10.2 Å². The molecule has 0 unspecified atom stereocenters. The number of aromatic nitrogens is 1. The maximum absolute atomic E-state index is 10.3. The molecule has 0 saturated heterocycles. The van der Waals surface area contributed by atoms with Crippen molar-refractivity contribution < 1.29 is 10.2 Å². The molecule has 2 N–H and O–H groups in total. The van der Waals surface area contributed by atoms with Gasteiger partial charge in [-0.05, 0) is 63.1 Å². The van der Waals surface area contributed by atoms with Crippen LogP contribution in [-0.4, -0.2) is 15.2 Å². The molecular formula is C21H13Br2NO2. The first kappa shape index (κ1) is 17.1. The van der Waals surface area contributed by atoms with Crippen LogP contribution in [0.5, 0.6) is 11.5 Å². The fourth-order valence-corrected chi connectivity index (χ4v) is 4.21. The van der Waals surface area contributed by atoms with Crippen molar-refractivity contribution >= 4 is 65.7 Å². The monoisotopic (exact) mass is 469 g/mol. The van der Waals surface area contributed by atoms with E-state index in [4.69, 9.17) is 0 Å². The number of aromatic hydroxyl groups is 2. The van der Waals surface area contributed by atoms with E-state index >= 15 is 0 Å². The summed E-state index contributed by atoms with van der Waals surface area (Å²) in [7, 11) is 0. The average Bonchev–Trinajstić information content (AvgIpc) is 2.65. The molecule has 128 valence electrons. The summed E-state index contributed by atoms with van der Waals surface area (Å²) >= 11 is 6.82. The van der Waals surface area contributed by atoms with Crippen molar-refractivity contribution in [2.45, 2.75) is 0 Å². The minimum atomic E-state index is 0.103. The van der Waals surface area contributed by atoms with E-state index in [0.717, 1.165) is 26.2 Å². The third-order valence-corrected chi connectivity index (χ3v) is 5.51. The molecule has 0 radical (unpaired) electrons. The van der Waals surface area contributed by atoms with Crippen LogP contribution in [0.1, 0.15) is 11.3 Å². The normalized spacial score (nSPS) is 11.6. The van der Waals surface area contributed by atoms with Crippen LogP contribution in [0.25, 0.3) is 33.8 Å². The highest BCUT2D eigenvalue weighted by molar-refractivity contribution is 9.11. The van der Waals surface area contributed by atoms with Gasteiger partial charge < -0.3 is 10.2 Å². The lowest BCUT2D eigenvalue weighted by Crippen LogP contribution is -1.87. The Morgan fingerprint density at radius 2 is 1.62 bits per heavy atom. The second-order valence-corrected chi connectivity index (χ2v) is 7.58. The molecule has 26 heavy (non-hydrogen) atoms. The van der Waals surface area contributed by atoms with E-state index < -0.39 is 0 Å². The lowest BCUT2D eigenvalue weighted by atomic mass is 10.0. The van der Waals surface area contributed by atoms with E-state index in [0.29, 0.717) is 15.7 Å². The first-order chi connectivity index (χ1) is 12.5. The van der Waals surface area contributed by atoms with Crippen LogP contribution in [0.2, 0.25) is 0 Å². The zero-order chi connectivity index (χ0) is 18.3. The molecular weight excluding hydrogens is 458 g/mol. The lowest BCUT2D eigenvalue weighted by Gasteiger charge is -2.07. The molecule has 4 aromatic rings. The van der Waals surface area contributed by atoms with E-state index in [1.165, 1.54) is 0 Å². The highest BCUT2D eigenvalue weighted by atomic mass is 79.9. The predicted octanol–water partition coefficient (Wildman–Crippen LogP) is 6.49. The average molecular weight is 471 g/mol. The summed E-state index contributed by atoms with van der Waals surface area (Å²) in [5, 5.41) is 23.4. The van der Waals surface area contributed by atoms with Gasteiger partial charge in [0.15, 0.2) is 5.75 Å². The van der Waals surface area contributed by atoms with Crippen molar-refractivity contribution in [3.05, 3.63) is 74.8 Å². The summed E-state index contributed by atoms with van der Waals surface area (Å²) in [5.74, 6) is 0.320. The SMILES string of the molecule is Oc1ccc2ccccc2c1C=Cc1ccc2c(Br)cc(Br)c(O)c2n1. The molecule has 0 bridgehead atoms. The molecule has 0 aliphatic heterocycles. The van der Waals surface area contributed by atoms with Crippen molar-refractivity contribution in [2.24, 2.45) is 0 Å². The third-order valence-electron chi connectivity index (χ3n) is 4.25. The maximum atomic E-state index is 10.3. The molecule has 0 aliphatic rings. The molecule has 3 aromatic carbocycles. The van der Waals surface area contributed by atoms with Crippen LogP contribution in [0, 0.1) is 0 Å². The van der Waals surface area contributed by atoms with Crippen LogP contribution in [0.3, 0.4) is 0 Å². The fraction of sp³-hybridized carbons (Fsp3) is 0. The summed E-state index contributed by atoms with van der Waals surface area (Å²) in [5.41, 5.74) is 1.94. The summed E-state index contributed by atoms with van der Waals surface area (Å²) in [6, 6.07) is 17.1. The van der Waals surface area contributed by atoms with Gasteiger partial charge in [0.2, 0.25) is 0 Å². The Labute approximate surface area is 166 Å². The Morgan fingerprint density at radius 3 is 2.46 bits per heavy atom. The Bertz CT molecular complexity index is 1190. The third kappa shape index (κ3) is 2.97. The number of pyridine rings is 1. The molecule has 3 nitrogen and oxygen atoms in total. The van der Waals surface area contributed by atoms with Crippen molar-refractivity contribution in [3.8, 4) is 11.5 Å². The van der Waals surface area contributed by atoms with Crippen LogP contribution < -0.4 is 0 Å². The molecule has 0 amide bonds. The van der Waals surface area contributed by atoms with Gasteiger partial charge in [0.25, 0.3) is 0 Å². The Kier molecular flexibility index (Phi) is 4.42. The first-order valence-electron chi connectivity index (χ1n) is 7.91. The number of fused-ring (bicyclic) bond motifs is 2. The fourth-order valence-electron chi connectivity index (χ4n) is 2.94. The van der Waals surface area contributed by atoms with Gasteiger partial charge >= 0.3 is 0 Å². The van der Waals surface area contributed by atoms with Gasteiger partial charge in [-0.2, -0.15) is 0 Å². The zero-order valence-electron chi connectivity index (χ0n) is 13.4. The molecule has 0 spiro atoms. The van der Waals surface area contributed by atoms with Crippen molar-refractivity contribution in [3.63, 3.8) is 0 Å². The van der Waals surface area contributed by atoms with E-state index in [2.05, 4.69) is 36.8 Å². The molecule has 4 rings (SSSR count). The number of hydrogen-bond acceptors (Lipinski definition) is 3. The Morgan fingerprint density at radius 1 is 0.808 bits per heavy atom. The number of hydrogen-bond donors (Lipinski definition) is 2. The number of halogens is 2. The zero-order valence-corrected chi connectivity index (χ0v) is 16.6. The molecule has 0 atom stereocenters. The van der Waals surface area contributed by atoms with Crippen LogP contribution in [0.4, 0.5) is 0 Å². The largest absolute Gasteiger partial charge is 0.507 e. The van der Waals surface area contributed by atoms with E-state index in [-0.39, 0.29) is 11.5 Å². The van der Waals surface area contributed by atoms with Crippen LogP contribution in [-0.2, 0) is 0 Å². The quantitative estimate of drug-likeness (QED) is 0.351. The number of nitrogens with zero attached hydrogens (tertiary/aromatic N) is 1. The van der Waals surface area contributed by atoms with Gasteiger partial charge in [-0.15, -0.1) is 0 Å². The summed E-state index contributed by atoms with van der Waals surface area (Å²) in [6.45, 7) is 0. The minimum absolute atomic E-state index is 0.103. The number of phenolic OH excluding ortho intramolecular Hbond substituents is 2. The van der Waals surface area contributed by atoms with Crippen molar-refractivity contribution in [1.82, 2.24) is 4.98 Å². The highest BCUT2D eigenvalue weighted by Gasteiger charge is 2.10. The van der Waals surface area contributed by atoms with Gasteiger partial charge in [-0.25, -0.2) is 4.98 Å². The molecule has 0 aliphatic carbocycles. The van der Waals surface area contributed by atoms with Crippen molar-refractivity contribution in [1.29, 1.82) is 0 Å². The number of rotatable bonds is 2. The maximum Gasteiger partial charge on any atom is 0.156 e. The second-order valence-electron chi connectivity index (χ2n) is 5.87. The molecule has 1 aromatic heterocycles. The topological polar surface area (TPSA) is 53.4 Å². The lowest BCUT2D eigenvalue weighted by molar-refractivity contribution is 0.475. The van der Waals surface area contributed by atoms with Crippen molar-refractivity contribution in [2.75, 3.05) is 0 Å². The first-order valence-corrected chi connectivity index (χ1v) is 9.50. The standard InChI is InChI=1S/C21H13Br2NO2/c22-17-11-18(23)21(26)20-16(17)9-7-13(24-20)6-8-15-14-4-2-1-3-12(14)5-10-19(15)25/h1-11,25-26H. The van der Waals surface area contributed by atoms with E-state index in [9.17, 15) is 10.2 Å². The van der Waals surface area contributed by atoms with Crippen LogP contribution in [0.15, 0.2) is 63.5 Å². The van der Waals surface area contributed by atoms with Gasteiger partial charge in [-0.3, -0.25) is 0 Å². The number of benzene rings is 3. The van der Waals surface area contributed by atoms with E-state index in [1.807, 2.05) is 54.6 Å². The molecule has 5 heteroatoms. The predicted molar refractivity (Wildman–Crippen MR) is 113 cm³/mol. The van der Waals surface area contributed by atoms with Crippen LogP contribution >= 0.6 is 31.9 Å². The van der Waals surface area contributed by atoms with E-state index in [1.54, 1.807) is 12.1 Å².